The van der Waals surface area contributed by atoms with Crippen LogP contribution < -0.4 is 0 Å². The first-order valence-corrected chi connectivity index (χ1v) is 4.91. The molecular weight excluding hydrogens is 240 g/mol. The van der Waals surface area contributed by atoms with E-state index in [4.69, 9.17) is 0 Å². The van der Waals surface area contributed by atoms with Crippen LogP contribution in [0.4, 0.5) is 5.69 Å². The molecule has 0 aliphatic carbocycles. The number of non-ortho nitro benzene ring substituents is 1. The minimum Gasteiger partial charge on any atom is -0.507 e. The standard InChI is InChI=1S/C7H4N2O6S/c10-6-2-1-4(9(11)12)3-5(6)7-8-15-16(13)14-7/h1-3,10H. The molecule has 0 spiro atoms. The molecule has 1 atom stereocenters. The van der Waals surface area contributed by atoms with Crippen molar-refractivity contribution in [2.24, 2.45) is 5.16 Å². The summed E-state index contributed by atoms with van der Waals surface area (Å²) in [6.07, 6.45) is 0. The predicted molar refractivity (Wildman–Crippen MR) is 51.6 cm³/mol. The second-order valence-corrected chi connectivity index (χ2v) is 3.44. The van der Waals surface area contributed by atoms with Gasteiger partial charge in [-0.15, -0.1) is 0 Å². The van der Waals surface area contributed by atoms with E-state index >= 15 is 0 Å². The molecular formula is C7H4N2O6S. The first-order valence-electron chi connectivity index (χ1n) is 3.91. The second-order valence-electron chi connectivity index (χ2n) is 2.72. The molecule has 0 saturated carbocycles. The van der Waals surface area contributed by atoms with Gasteiger partial charge in [-0.1, -0.05) is 0 Å². The average molecular weight is 244 g/mol. The summed E-state index contributed by atoms with van der Waals surface area (Å²) in [5.74, 6) is -0.550. The number of oxime groups is 1. The van der Waals surface area contributed by atoms with Gasteiger partial charge in [0.2, 0.25) is 0 Å². The zero-order valence-corrected chi connectivity index (χ0v) is 8.34. The molecule has 1 aromatic rings. The maximum atomic E-state index is 10.7. The summed E-state index contributed by atoms with van der Waals surface area (Å²) in [7, 11) is 0. The number of nitro benzene ring substituents is 1. The fraction of sp³-hybridized carbons (Fsp3) is 0. The highest BCUT2D eigenvalue weighted by Gasteiger charge is 2.24. The molecule has 2 rings (SSSR count). The molecule has 1 heterocycles. The van der Waals surface area contributed by atoms with E-state index in [-0.39, 0.29) is 22.9 Å². The number of rotatable bonds is 2. The van der Waals surface area contributed by atoms with Crippen molar-refractivity contribution in [2.45, 2.75) is 0 Å². The van der Waals surface area contributed by atoms with Gasteiger partial charge in [-0.2, -0.15) is 4.21 Å². The highest BCUT2D eigenvalue weighted by atomic mass is 32.2. The summed E-state index contributed by atoms with van der Waals surface area (Å²) in [5.41, 5.74) is -0.308. The minimum absolute atomic E-state index is 0.0555. The lowest BCUT2D eigenvalue weighted by molar-refractivity contribution is -0.384. The Balaban J connectivity index is 2.44. The number of benzene rings is 1. The van der Waals surface area contributed by atoms with Crippen LogP contribution in [0.15, 0.2) is 23.4 Å². The average Bonchev–Trinajstić information content (AvgIpc) is 2.65. The van der Waals surface area contributed by atoms with Crippen molar-refractivity contribution in [1.82, 2.24) is 0 Å². The van der Waals surface area contributed by atoms with Gasteiger partial charge in [0, 0.05) is 12.1 Å². The molecule has 16 heavy (non-hydrogen) atoms. The van der Waals surface area contributed by atoms with E-state index in [9.17, 15) is 19.4 Å². The van der Waals surface area contributed by atoms with E-state index in [0.29, 0.717) is 0 Å². The van der Waals surface area contributed by atoms with Gasteiger partial charge in [0.05, 0.1) is 10.5 Å². The van der Waals surface area contributed by atoms with Crippen LogP contribution in [-0.2, 0) is 19.8 Å². The highest BCUT2D eigenvalue weighted by Crippen LogP contribution is 2.25. The quantitative estimate of drug-likeness (QED) is 0.601. The Labute approximate surface area is 91.1 Å². The molecule has 1 aromatic carbocycles. The molecule has 0 radical (unpaired) electrons. The SMILES string of the molecule is O=[N+]([O-])c1ccc(O)c(C2=NOS(=O)O2)c1. The van der Waals surface area contributed by atoms with Crippen molar-refractivity contribution in [2.75, 3.05) is 0 Å². The molecule has 0 amide bonds. The maximum Gasteiger partial charge on any atom is 0.441 e. The number of hydrogen-bond donors (Lipinski definition) is 1. The summed E-state index contributed by atoms with van der Waals surface area (Å²) in [6, 6.07) is 3.27. The second kappa shape index (κ2) is 3.77. The third kappa shape index (κ3) is 1.80. The van der Waals surface area contributed by atoms with Gasteiger partial charge in [-0.3, -0.25) is 14.4 Å². The Kier molecular flexibility index (Phi) is 2.44. The number of nitro groups is 1. The van der Waals surface area contributed by atoms with E-state index < -0.39 is 16.3 Å². The third-order valence-electron chi connectivity index (χ3n) is 1.75. The van der Waals surface area contributed by atoms with Gasteiger partial charge in [-0.25, -0.2) is 0 Å². The van der Waals surface area contributed by atoms with Gasteiger partial charge < -0.3 is 9.29 Å². The fourth-order valence-corrected chi connectivity index (χ4v) is 1.47. The van der Waals surface area contributed by atoms with E-state index in [1.54, 1.807) is 0 Å². The fourth-order valence-electron chi connectivity index (χ4n) is 1.06. The van der Waals surface area contributed by atoms with Gasteiger partial charge >= 0.3 is 11.4 Å². The van der Waals surface area contributed by atoms with E-state index in [2.05, 4.69) is 13.6 Å². The molecule has 0 fully saturated rings. The normalized spacial score (nSPS) is 18.5. The van der Waals surface area contributed by atoms with Crippen LogP contribution in [0.1, 0.15) is 5.56 Å². The van der Waals surface area contributed by atoms with Crippen LogP contribution in [0, 0.1) is 10.1 Å². The van der Waals surface area contributed by atoms with Gasteiger partial charge in [0.1, 0.15) is 5.75 Å². The summed E-state index contributed by atoms with van der Waals surface area (Å²) in [5, 5.41) is 23.2. The Hall–Kier alpha value is -2.16. The Morgan fingerprint density at radius 2 is 2.25 bits per heavy atom. The van der Waals surface area contributed by atoms with Crippen molar-refractivity contribution in [3.05, 3.63) is 33.9 Å². The molecule has 8 nitrogen and oxygen atoms in total. The topological polar surface area (TPSA) is 111 Å². The first kappa shape index (κ1) is 10.4. The van der Waals surface area contributed by atoms with E-state index in [1.165, 1.54) is 0 Å². The van der Waals surface area contributed by atoms with Crippen molar-refractivity contribution < 1.29 is 22.7 Å². The lowest BCUT2D eigenvalue weighted by Gasteiger charge is -2.00. The van der Waals surface area contributed by atoms with Crippen molar-refractivity contribution in [3.8, 4) is 5.75 Å². The minimum atomic E-state index is -2.06. The largest absolute Gasteiger partial charge is 0.507 e. The predicted octanol–water partition coefficient (Wildman–Crippen LogP) is 0.587. The molecule has 0 saturated heterocycles. The van der Waals surface area contributed by atoms with Crippen LogP contribution in [0.2, 0.25) is 0 Å². The highest BCUT2D eigenvalue weighted by molar-refractivity contribution is 7.75. The molecule has 1 aliphatic heterocycles. The number of phenols is 1. The van der Waals surface area contributed by atoms with Crippen LogP contribution in [0.25, 0.3) is 0 Å². The molecule has 0 bridgehead atoms. The molecule has 0 aromatic heterocycles. The first-order chi connectivity index (χ1) is 7.58. The van der Waals surface area contributed by atoms with Crippen LogP contribution in [-0.4, -0.2) is 20.1 Å². The third-order valence-corrected chi connectivity index (χ3v) is 2.24. The number of phenolic OH excluding ortho intramolecular Hbond substituents is 1. The smallest absolute Gasteiger partial charge is 0.441 e. The number of aromatic hydroxyl groups is 1. The number of hydrogen-bond acceptors (Lipinski definition) is 7. The van der Waals surface area contributed by atoms with Crippen LogP contribution >= 0.6 is 0 Å². The molecule has 1 unspecified atom stereocenters. The van der Waals surface area contributed by atoms with E-state index in [1.807, 2.05) is 0 Å². The van der Waals surface area contributed by atoms with E-state index in [0.717, 1.165) is 18.2 Å². The van der Waals surface area contributed by atoms with Gasteiger partial charge in [-0.05, 0) is 11.2 Å². The lowest BCUT2D eigenvalue weighted by atomic mass is 10.2. The van der Waals surface area contributed by atoms with Crippen molar-refractivity contribution in [1.29, 1.82) is 0 Å². The Morgan fingerprint density at radius 1 is 1.50 bits per heavy atom. The van der Waals surface area contributed by atoms with Crippen molar-refractivity contribution >= 4 is 22.9 Å². The molecule has 1 aliphatic rings. The summed E-state index contributed by atoms with van der Waals surface area (Å²) < 4.78 is 19.5. The molecule has 1 N–H and O–H groups in total. The summed E-state index contributed by atoms with van der Waals surface area (Å²) in [4.78, 5) is 9.85. The van der Waals surface area contributed by atoms with Gasteiger partial charge in [0.15, 0.2) is 0 Å². The molecule has 84 valence electrons. The van der Waals surface area contributed by atoms with Crippen LogP contribution in [0.3, 0.4) is 0 Å². The van der Waals surface area contributed by atoms with Gasteiger partial charge in [0.25, 0.3) is 11.6 Å². The maximum absolute atomic E-state index is 10.7. The number of nitrogens with zero attached hydrogens (tertiary/aromatic N) is 2. The molecule has 9 heteroatoms. The summed E-state index contributed by atoms with van der Waals surface area (Å²) in [6.45, 7) is 0. The van der Waals surface area contributed by atoms with Crippen LogP contribution in [0.5, 0.6) is 5.75 Å². The lowest BCUT2D eigenvalue weighted by Crippen LogP contribution is -2.03. The Morgan fingerprint density at radius 3 is 2.81 bits per heavy atom. The van der Waals surface area contributed by atoms with Crippen molar-refractivity contribution in [3.63, 3.8) is 0 Å². The monoisotopic (exact) mass is 244 g/mol. The zero-order chi connectivity index (χ0) is 11.7. The summed E-state index contributed by atoms with van der Waals surface area (Å²) >= 11 is -2.06. The Bertz CT molecular complexity index is 514. The zero-order valence-electron chi connectivity index (χ0n) is 7.52.